The van der Waals surface area contributed by atoms with E-state index in [1.807, 2.05) is 0 Å². The van der Waals surface area contributed by atoms with Gasteiger partial charge >= 0.3 is 41.8 Å². The van der Waals surface area contributed by atoms with Gasteiger partial charge in [-0.1, -0.05) is 0 Å². The van der Waals surface area contributed by atoms with E-state index in [-0.39, 0.29) is 0 Å². The zero-order valence-corrected chi connectivity index (χ0v) is 25.1. The van der Waals surface area contributed by atoms with Crippen LogP contribution in [0.4, 0.5) is 0 Å². The number of rotatable bonds is 12. The van der Waals surface area contributed by atoms with Crippen molar-refractivity contribution in [1.82, 2.24) is 0 Å². The molecule has 0 bridgehead atoms. The summed E-state index contributed by atoms with van der Waals surface area (Å²) in [6.07, 6.45) is -13.2. The van der Waals surface area contributed by atoms with Crippen molar-refractivity contribution in [2.24, 2.45) is 0 Å². The molecule has 2 heterocycles. The maximum atomic E-state index is 12.2. The Kier molecular flexibility index (Phi) is 13.0. The molecule has 0 radical (unpaired) electrons. The average molecular weight is 637 g/mol. The summed E-state index contributed by atoms with van der Waals surface area (Å²) >= 11 is 0. The Morgan fingerprint density at radius 1 is 0.591 bits per heavy atom. The molecule has 0 aliphatic carbocycles. The zero-order chi connectivity index (χ0) is 33.4. The van der Waals surface area contributed by atoms with Crippen molar-refractivity contribution in [2.75, 3.05) is 19.8 Å². The van der Waals surface area contributed by atoms with E-state index < -0.39 is 116 Å². The standard InChI is InChI=1S/C26H36O18/c1-11(27)35-8-18-21(38-14(4)30)20(34)23(40-16(6)32)25(42-18)44-26(10-37-13(3)29)24(41-17(7)33)22(39-15(5)31)19(43-26)9-36-12(2)28/h18-25,34H,8-10H2,1-7H3/t18-,19-,20-,21-,22-,23-,24+,25-,26+/m1/s1. The molecule has 18 heteroatoms. The van der Waals surface area contributed by atoms with Crippen LogP contribution in [-0.2, 0) is 80.9 Å². The van der Waals surface area contributed by atoms with Gasteiger partial charge < -0.3 is 52.5 Å². The molecule has 2 rings (SSSR count). The van der Waals surface area contributed by atoms with Gasteiger partial charge in [0.15, 0.2) is 24.4 Å². The lowest BCUT2D eigenvalue weighted by molar-refractivity contribution is -0.384. The highest BCUT2D eigenvalue weighted by Crippen LogP contribution is 2.41. The van der Waals surface area contributed by atoms with Gasteiger partial charge in [-0.05, 0) is 0 Å². The van der Waals surface area contributed by atoms with Crippen LogP contribution in [0.25, 0.3) is 0 Å². The Hall–Kier alpha value is -3.87. The largest absolute Gasteiger partial charge is 0.463 e. The molecule has 248 valence electrons. The number of ether oxygens (including phenoxy) is 10. The van der Waals surface area contributed by atoms with E-state index in [9.17, 15) is 38.7 Å². The summed E-state index contributed by atoms with van der Waals surface area (Å²) in [4.78, 5) is 83.1. The summed E-state index contributed by atoms with van der Waals surface area (Å²) < 4.78 is 54.2. The second-order valence-electron chi connectivity index (χ2n) is 9.76. The molecule has 0 saturated carbocycles. The molecule has 0 aromatic heterocycles. The second kappa shape index (κ2) is 15.7. The molecule has 2 saturated heterocycles. The Morgan fingerprint density at radius 2 is 1.05 bits per heavy atom. The van der Waals surface area contributed by atoms with Crippen LogP contribution in [-0.4, -0.2) is 122 Å². The van der Waals surface area contributed by atoms with Crippen LogP contribution in [0.2, 0.25) is 0 Å². The topological polar surface area (TPSA) is 232 Å². The smallest absolute Gasteiger partial charge is 0.303 e. The highest BCUT2D eigenvalue weighted by molar-refractivity contribution is 5.69. The fourth-order valence-corrected chi connectivity index (χ4v) is 4.45. The number of hydrogen-bond donors (Lipinski definition) is 1. The molecule has 0 aromatic carbocycles. The minimum atomic E-state index is -2.44. The third-order valence-electron chi connectivity index (χ3n) is 5.96. The van der Waals surface area contributed by atoms with Crippen LogP contribution in [0.1, 0.15) is 48.5 Å². The molecule has 2 fully saturated rings. The summed E-state index contributed by atoms with van der Waals surface area (Å²) in [5.41, 5.74) is 0. The minimum Gasteiger partial charge on any atom is -0.463 e. The fourth-order valence-electron chi connectivity index (χ4n) is 4.45. The van der Waals surface area contributed by atoms with Crippen LogP contribution in [0.3, 0.4) is 0 Å². The van der Waals surface area contributed by atoms with Gasteiger partial charge in [0.2, 0.25) is 12.1 Å². The molecule has 0 spiro atoms. The normalized spacial score (nSPS) is 31.2. The summed E-state index contributed by atoms with van der Waals surface area (Å²) in [6, 6.07) is 0. The maximum Gasteiger partial charge on any atom is 0.303 e. The molecule has 2 aliphatic rings. The number of carbonyl (C=O) groups excluding carboxylic acids is 7. The quantitative estimate of drug-likeness (QED) is 0.192. The highest BCUT2D eigenvalue weighted by Gasteiger charge is 2.64. The third-order valence-corrected chi connectivity index (χ3v) is 5.96. The lowest BCUT2D eigenvalue weighted by Gasteiger charge is -2.45. The molecule has 0 unspecified atom stereocenters. The monoisotopic (exact) mass is 636 g/mol. The number of esters is 7. The van der Waals surface area contributed by atoms with Gasteiger partial charge in [0.05, 0.1) is 0 Å². The zero-order valence-electron chi connectivity index (χ0n) is 25.1. The summed E-state index contributed by atoms with van der Waals surface area (Å²) in [7, 11) is 0. The van der Waals surface area contributed by atoms with Crippen molar-refractivity contribution in [3.63, 3.8) is 0 Å². The van der Waals surface area contributed by atoms with Gasteiger partial charge in [-0.2, -0.15) is 0 Å². The van der Waals surface area contributed by atoms with Crippen molar-refractivity contribution >= 4 is 41.8 Å². The molecule has 1 N–H and O–H groups in total. The molecule has 18 nitrogen and oxygen atoms in total. The Labute approximate surface area is 251 Å². The fraction of sp³-hybridized carbons (Fsp3) is 0.731. The lowest BCUT2D eigenvalue weighted by atomic mass is 9.98. The first-order valence-electron chi connectivity index (χ1n) is 13.2. The van der Waals surface area contributed by atoms with E-state index >= 15 is 0 Å². The van der Waals surface area contributed by atoms with Crippen molar-refractivity contribution < 1.29 is 86.0 Å². The molecular formula is C26H36O18. The summed E-state index contributed by atoms with van der Waals surface area (Å²) in [5.74, 6) is -8.46. The van der Waals surface area contributed by atoms with E-state index in [4.69, 9.17) is 47.4 Å². The summed E-state index contributed by atoms with van der Waals surface area (Å²) in [5, 5.41) is 11.2. The van der Waals surface area contributed by atoms with Gasteiger partial charge in [0.1, 0.15) is 38.1 Å². The molecular weight excluding hydrogens is 600 g/mol. The van der Waals surface area contributed by atoms with Gasteiger partial charge in [0.25, 0.3) is 0 Å². The molecule has 2 aliphatic heterocycles. The van der Waals surface area contributed by atoms with Crippen LogP contribution in [0.15, 0.2) is 0 Å². The molecule has 9 atom stereocenters. The first kappa shape index (κ1) is 36.3. The average Bonchev–Trinajstić information content (AvgIpc) is 3.15. The van der Waals surface area contributed by atoms with E-state index in [2.05, 4.69) is 0 Å². The predicted octanol–water partition coefficient (Wildman–Crippen LogP) is -1.40. The second-order valence-corrected chi connectivity index (χ2v) is 9.76. The van der Waals surface area contributed by atoms with Crippen molar-refractivity contribution in [3.8, 4) is 0 Å². The van der Waals surface area contributed by atoms with Crippen LogP contribution in [0, 0.1) is 0 Å². The van der Waals surface area contributed by atoms with Crippen molar-refractivity contribution in [3.05, 3.63) is 0 Å². The van der Waals surface area contributed by atoms with E-state index in [0.717, 1.165) is 48.5 Å². The van der Waals surface area contributed by atoms with Crippen LogP contribution in [0.5, 0.6) is 0 Å². The minimum absolute atomic E-state index is 0.568. The molecule has 0 amide bonds. The first-order valence-corrected chi connectivity index (χ1v) is 13.2. The van der Waals surface area contributed by atoms with Crippen molar-refractivity contribution in [1.29, 1.82) is 0 Å². The highest BCUT2D eigenvalue weighted by atomic mass is 16.8. The van der Waals surface area contributed by atoms with Crippen LogP contribution >= 0.6 is 0 Å². The predicted molar refractivity (Wildman–Crippen MR) is 135 cm³/mol. The third kappa shape index (κ3) is 10.1. The first-order chi connectivity index (χ1) is 20.4. The lowest BCUT2D eigenvalue weighted by Crippen LogP contribution is -2.65. The van der Waals surface area contributed by atoms with E-state index in [1.165, 1.54) is 0 Å². The van der Waals surface area contributed by atoms with Crippen LogP contribution < -0.4 is 0 Å². The van der Waals surface area contributed by atoms with Gasteiger partial charge in [0, 0.05) is 48.5 Å². The van der Waals surface area contributed by atoms with E-state index in [0.29, 0.717) is 0 Å². The number of aliphatic hydroxyl groups is 1. The van der Waals surface area contributed by atoms with Gasteiger partial charge in [-0.15, -0.1) is 0 Å². The molecule has 44 heavy (non-hydrogen) atoms. The van der Waals surface area contributed by atoms with E-state index in [1.54, 1.807) is 0 Å². The Bertz CT molecular complexity index is 1100. The van der Waals surface area contributed by atoms with Gasteiger partial charge in [-0.25, -0.2) is 0 Å². The summed E-state index contributed by atoms with van der Waals surface area (Å²) in [6.45, 7) is 5.23. The maximum absolute atomic E-state index is 12.2. The van der Waals surface area contributed by atoms with Crippen molar-refractivity contribution in [2.45, 2.75) is 103 Å². The number of carbonyl (C=O) groups is 7. The Balaban J connectivity index is 2.67. The SMILES string of the molecule is CC(=O)OC[C@H]1O[C@@](COC(C)=O)(O[C@H]2O[C@H](COC(C)=O)[C@@H](OC(C)=O)[C@@H](O)[C@H]2OC(C)=O)[C@@H](OC(C)=O)[C@@H]1OC(C)=O. The number of hydrogen-bond acceptors (Lipinski definition) is 18. The molecule has 0 aromatic rings. The van der Waals surface area contributed by atoms with Gasteiger partial charge in [-0.3, -0.25) is 33.6 Å². The number of aliphatic hydroxyl groups excluding tert-OH is 1. The Morgan fingerprint density at radius 3 is 1.52 bits per heavy atom.